The minimum atomic E-state index is 0.553. The first-order chi connectivity index (χ1) is 9.28. The van der Waals surface area contributed by atoms with Crippen molar-refractivity contribution in [3.8, 4) is 11.1 Å². The fourth-order valence-corrected chi connectivity index (χ4v) is 2.18. The van der Waals surface area contributed by atoms with Crippen molar-refractivity contribution in [3.63, 3.8) is 0 Å². The average Bonchev–Trinajstić information content (AvgIpc) is 2.81. The lowest BCUT2D eigenvalue weighted by molar-refractivity contribution is -0.105. The second kappa shape index (κ2) is 4.57. The molecule has 0 saturated heterocycles. The maximum Gasteiger partial charge on any atom is 0.212 e. The van der Waals surface area contributed by atoms with E-state index in [1.807, 2.05) is 34.9 Å². The highest BCUT2D eigenvalue weighted by Crippen LogP contribution is 2.24. The van der Waals surface area contributed by atoms with Gasteiger partial charge >= 0.3 is 0 Å². The molecule has 0 aliphatic heterocycles. The number of aryl methyl sites for hydroxylation is 1. The van der Waals surface area contributed by atoms with Crippen molar-refractivity contribution in [2.45, 2.75) is 6.92 Å². The first-order valence-corrected chi connectivity index (χ1v) is 6.03. The molecule has 1 aromatic carbocycles. The number of carbonyl (C=O) groups is 1. The fourth-order valence-electron chi connectivity index (χ4n) is 2.18. The number of aromatic nitrogens is 2. The monoisotopic (exact) mass is 251 g/mol. The fraction of sp³-hybridized carbons (Fsp3) is 0.0667. The number of benzene rings is 1. The van der Waals surface area contributed by atoms with Gasteiger partial charge in [0, 0.05) is 6.20 Å². The normalized spacial score (nSPS) is 10.6. The van der Waals surface area contributed by atoms with Gasteiger partial charge in [-0.3, -0.25) is 4.79 Å². The minimum absolute atomic E-state index is 0.553. The summed E-state index contributed by atoms with van der Waals surface area (Å²) < 4.78 is 1.91. The van der Waals surface area contributed by atoms with Crippen LogP contribution in [0.1, 0.15) is 5.56 Å². The molecule has 0 unspecified atom stereocenters. The SMILES string of the molecule is Cc1ccccc1-c1ccc2nc(NC=O)cn2c1. The van der Waals surface area contributed by atoms with Crippen LogP contribution in [0.5, 0.6) is 0 Å². The molecule has 1 N–H and O–H groups in total. The standard InChI is InChI=1S/C15H13N3O/c1-11-4-2-3-5-13(11)12-6-7-15-17-14(16-10-19)9-18(15)8-12/h2-10H,1H3,(H,16,19). The number of anilines is 1. The van der Waals surface area contributed by atoms with Crippen LogP contribution in [0.2, 0.25) is 0 Å². The smallest absolute Gasteiger partial charge is 0.212 e. The number of nitrogens with zero attached hydrogens (tertiary/aromatic N) is 2. The molecule has 0 bridgehead atoms. The number of amides is 1. The molecule has 0 fully saturated rings. The molecule has 0 aliphatic rings. The van der Waals surface area contributed by atoms with Crippen molar-refractivity contribution in [2.75, 3.05) is 5.32 Å². The Kier molecular flexibility index (Phi) is 2.76. The Labute approximate surface area is 110 Å². The third kappa shape index (κ3) is 2.08. The molecular formula is C15H13N3O. The third-order valence-corrected chi connectivity index (χ3v) is 3.11. The predicted octanol–water partition coefficient (Wildman–Crippen LogP) is 2.88. The van der Waals surface area contributed by atoms with Crippen molar-refractivity contribution < 1.29 is 4.79 Å². The number of fused-ring (bicyclic) bond motifs is 1. The van der Waals surface area contributed by atoms with Gasteiger partial charge in [-0.05, 0) is 35.7 Å². The molecule has 3 rings (SSSR count). The van der Waals surface area contributed by atoms with Crippen LogP contribution in [0.25, 0.3) is 16.8 Å². The maximum absolute atomic E-state index is 10.4. The number of imidazole rings is 1. The van der Waals surface area contributed by atoms with Crippen LogP contribution < -0.4 is 5.32 Å². The number of rotatable bonds is 3. The molecular weight excluding hydrogens is 238 g/mol. The highest BCUT2D eigenvalue weighted by molar-refractivity contribution is 5.72. The Bertz CT molecular complexity index is 746. The summed E-state index contributed by atoms with van der Waals surface area (Å²) in [5, 5.41) is 2.56. The van der Waals surface area contributed by atoms with Gasteiger partial charge in [0.25, 0.3) is 0 Å². The lowest BCUT2D eigenvalue weighted by Crippen LogP contribution is -1.92. The quantitative estimate of drug-likeness (QED) is 0.727. The van der Waals surface area contributed by atoms with Crippen LogP contribution in [-0.2, 0) is 4.79 Å². The van der Waals surface area contributed by atoms with Crippen molar-refractivity contribution in [1.82, 2.24) is 9.38 Å². The van der Waals surface area contributed by atoms with Crippen LogP contribution in [0, 0.1) is 6.92 Å². The molecule has 4 heteroatoms. The Balaban J connectivity index is 2.11. The van der Waals surface area contributed by atoms with Gasteiger partial charge < -0.3 is 9.72 Å². The number of carbonyl (C=O) groups excluding carboxylic acids is 1. The van der Waals surface area contributed by atoms with Gasteiger partial charge in [-0.15, -0.1) is 0 Å². The minimum Gasteiger partial charge on any atom is -0.312 e. The second-order valence-corrected chi connectivity index (χ2v) is 4.39. The molecule has 4 nitrogen and oxygen atoms in total. The second-order valence-electron chi connectivity index (χ2n) is 4.39. The van der Waals surface area contributed by atoms with Gasteiger partial charge in [-0.1, -0.05) is 24.3 Å². The summed E-state index contributed by atoms with van der Waals surface area (Å²) in [6, 6.07) is 12.2. The summed E-state index contributed by atoms with van der Waals surface area (Å²) in [5.41, 5.74) is 4.36. The highest BCUT2D eigenvalue weighted by atomic mass is 16.1. The van der Waals surface area contributed by atoms with Gasteiger partial charge in [0.2, 0.25) is 6.41 Å². The van der Waals surface area contributed by atoms with Gasteiger partial charge in [0.1, 0.15) is 5.65 Å². The number of hydrogen-bond acceptors (Lipinski definition) is 2. The summed E-state index contributed by atoms with van der Waals surface area (Å²) >= 11 is 0. The highest BCUT2D eigenvalue weighted by Gasteiger charge is 2.04. The van der Waals surface area contributed by atoms with E-state index in [0.29, 0.717) is 12.2 Å². The first-order valence-electron chi connectivity index (χ1n) is 6.03. The van der Waals surface area contributed by atoms with Crippen molar-refractivity contribution in [1.29, 1.82) is 0 Å². The molecule has 2 heterocycles. The number of hydrogen-bond donors (Lipinski definition) is 1. The van der Waals surface area contributed by atoms with E-state index in [2.05, 4.69) is 29.4 Å². The largest absolute Gasteiger partial charge is 0.312 e. The lowest BCUT2D eigenvalue weighted by atomic mass is 10.0. The molecule has 0 radical (unpaired) electrons. The van der Waals surface area contributed by atoms with Crippen LogP contribution in [-0.4, -0.2) is 15.8 Å². The van der Waals surface area contributed by atoms with Gasteiger partial charge in [0.05, 0.1) is 6.20 Å². The van der Waals surface area contributed by atoms with Crippen molar-refractivity contribution in [2.24, 2.45) is 0 Å². The Morgan fingerprint density at radius 1 is 1.16 bits per heavy atom. The molecule has 19 heavy (non-hydrogen) atoms. The van der Waals surface area contributed by atoms with Crippen LogP contribution >= 0.6 is 0 Å². The van der Waals surface area contributed by atoms with Gasteiger partial charge in [-0.2, -0.15) is 0 Å². The molecule has 94 valence electrons. The number of pyridine rings is 1. The summed E-state index contributed by atoms with van der Waals surface area (Å²) in [7, 11) is 0. The molecule has 0 saturated carbocycles. The average molecular weight is 251 g/mol. The summed E-state index contributed by atoms with van der Waals surface area (Å²) in [5.74, 6) is 0.553. The molecule has 0 aliphatic carbocycles. The zero-order valence-electron chi connectivity index (χ0n) is 10.5. The summed E-state index contributed by atoms with van der Waals surface area (Å²) in [4.78, 5) is 14.7. The van der Waals surface area contributed by atoms with E-state index >= 15 is 0 Å². The van der Waals surface area contributed by atoms with E-state index in [0.717, 1.165) is 11.2 Å². The van der Waals surface area contributed by atoms with E-state index in [9.17, 15) is 4.79 Å². The van der Waals surface area contributed by atoms with Crippen LogP contribution in [0.4, 0.5) is 5.82 Å². The van der Waals surface area contributed by atoms with E-state index in [1.54, 1.807) is 6.20 Å². The predicted molar refractivity (Wildman–Crippen MR) is 75.1 cm³/mol. The molecule has 0 atom stereocenters. The van der Waals surface area contributed by atoms with E-state index in [-0.39, 0.29) is 0 Å². The molecule has 1 amide bonds. The first kappa shape index (κ1) is 11.5. The van der Waals surface area contributed by atoms with Crippen molar-refractivity contribution >= 4 is 17.9 Å². The van der Waals surface area contributed by atoms with E-state index in [1.165, 1.54) is 11.1 Å². The zero-order valence-corrected chi connectivity index (χ0v) is 10.5. The van der Waals surface area contributed by atoms with Gasteiger partial charge in [-0.25, -0.2) is 4.98 Å². The maximum atomic E-state index is 10.4. The van der Waals surface area contributed by atoms with Crippen molar-refractivity contribution in [3.05, 3.63) is 54.4 Å². The molecule has 2 aromatic heterocycles. The third-order valence-electron chi connectivity index (χ3n) is 3.11. The zero-order chi connectivity index (χ0) is 13.2. The lowest BCUT2D eigenvalue weighted by Gasteiger charge is -2.05. The summed E-state index contributed by atoms with van der Waals surface area (Å²) in [6.07, 6.45) is 4.44. The van der Waals surface area contributed by atoms with Crippen LogP contribution in [0.3, 0.4) is 0 Å². The van der Waals surface area contributed by atoms with Gasteiger partial charge in [0.15, 0.2) is 5.82 Å². The Morgan fingerprint density at radius 2 is 2.00 bits per heavy atom. The summed E-state index contributed by atoms with van der Waals surface area (Å²) in [6.45, 7) is 2.09. The Hall–Kier alpha value is -2.62. The molecule has 3 aromatic rings. The Morgan fingerprint density at radius 3 is 2.79 bits per heavy atom. The van der Waals surface area contributed by atoms with E-state index < -0.39 is 0 Å². The molecule has 0 spiro atoms. The number of nitrogens with one attached hydrogen (secondary N) is 1. The topological polar surface area (TPSA) is 46.4 Å². The van der Waals surface area contributed by atoms with Crippen LogP contribution in [0.15, 0.2) is 48.8 Å². The van der Waals surface area contributed by atoms with E-state index in [4.69, 9.17) is 0 Å².